The highest BCUT2D eigenvalue weighted by atomic mass is 16.5. The number of hydrogen-bond donors (Lipinski definition) is 1. The van der Waals surface area contributed by atoms with Gasteiger partial charge in [-0.3, -0.25) is 9.98 Å². The summed E-state index contributed by atoms with van der Waals surface area (Å²) in [5.74, 6) is 2.39. The lowest BCUT2D eigenvalue weighted by molar-refractivity contribution is 0.210. The highest BCUT2D eigenvalue weighted by Gasteiger charge is 2.31. The molecule has 1 N–H and O–H groups in total. The van der Waals surface area contributed by atoms with Gasteiger partial charge in [0.2, 0.25) is 5.82 Å². The van der Waals surface area contributed by atoms with Crippen molar-refractivity contribution >= 4 is 23.6 Å². The van der Waals surface area contributed by atoms with Crippen LogP contribution in [0.1, 0.15) is 75.6 Å². The Morgan fingerprint density at radius 2 is 1.74 bits per heavy atom. The molecule has 2 saturated carbocycles. The molecule has 2 aliphatic heterocycles. The number of tetrazole rings is 1. The Bertz CT molecular complexity index is 1130. The largest absolute Gasteiger partial charge is 0.490 e. The first-order valence-corrected chi connectivity index (χ1v) is 12.9. The van der Waals surface area contributed by atoms with Gasteiger partial charge in [0, 0.05) is 24.9 Å². The lowest BCUT2D eigenvalue weighted by Gasteiger charge is -2.29. The van der Waals surface area contributed by atoms with E-state index in [9.17, 15) is 0 Å². The number of benzene rings is 1. The Balaban J connectivity index is 1.40. The number of rotatable bonds is 5. The van der Waals surface area contributed by atoms with Crippen molar-refractivity contribution in [2.24, 2.45) is 21.8 Å². The van der Waals surface area contributed by atoms with Crippen LogP contribution >= 0.6 is 0 Å². The molecule has 1 aromatic carbocycles. The van der Waals surface area contributed by atoms with E-state index in [1.165, 1.54) is 61.7 Å². The molecule has 6 rings (SSSR count). The first kappa shape index (κ1) is 21.4. The van der Waals surface area contributed by atoms with Gasteiger partial charge in [0.05, 0.1) is 17.4 Å². The van der Waals surface area contributed by atoms with Crippen molar-refractivity contribution in [3.05, 3.63) is 46.9 Å². The van der Waals surface area contributed by atoms with Crippen molar-refractivity contribution in [3.8, 4) is 5.75 Å². The molecule has 0 spiro atoms. The van der Waals surface area contributed by atoms with Crippen LogP contribution in [0.3, 0.4) is 0 Å². The van der Waals surface area contributed by atoms with Gasteiger partial charge >= 0.3 is 0 Å². The minimum atomic E-state index is 0.238. The lowest BCUT2D eigenvalue weighted by atomic mass is 9.77. The fraction of sp³-hybridized carbons (Fsp3) is 0.519. The molecule has 4 aliphatic rings. The number of H-pyrrole nitrogens is 1. The van der Waals surface area contributed by atoms with Crippen LogP contribution in [0.25, 0.3) is 11.1 Å². The molecule has 34 heavy (non-hydrogen) atoms. The highest BCUT2D eigenvalue weighted by Crippen LogP contribution is 2.42. The number of aromatic amines is 1. The third kappa shape index (κ3) is 4.36. The van der Waals surface area contributed by atoms with Crippen molar-refractivity contribution < 1.29 is 4.74 Å². The molecule has 3 heterocycles. The van der Waals surface area contributed by atoms with Crippen LogP contribution in [-0.4, -0.2) is 45.7 Å². The molecular formula is C27H32N6O. The minimum Gasteiger partial charge on any atom is -0.490 e. The van der Waals surface area contributed by atoms with E-state index in [0.717, 1.165) is 42.8 Å². The molecule has 0 amide bonds. The second-order valence-corrected chi connectivity index (χ2v) is 10.0. The zero-order valence-electron chi connectivity index (χ0n) is 19.6. The third-order valence-electron chi connectivity index (χ3n) is 7.79. The summed E-state index contributed by atoms with van der Waals surface area (Å²) >= 11 is 0. The lowest BCUT2D eigenvalue weighted by Crippen LogP contribution is -2.18. The maximum absolute atomic E-state index is 6.36. The second-order valence-electron chi connectivity index (χ2n) is 10.0. The summed E-state index contributed by atoms with van der Waals surface area (Å²) in [5, 5.41) is 14.7. The molecule has 1 atom stereocenters. The van der Waals surface area contributed by atoms with Crippen molar-refractivity contribution in [2.75, 3.05) is 6.54 Å². The topological polar surface area (TPSA) is 88.4 Å². The Hall–Kier alpha value is -3.09. The Kier molecular flexibility index (Phi) is 6.08. The van der Waals surface area contributed by atoms with E-state index < -0.39 is 0 Å². The molecule has 7 heteroatoms. The number of ether oxygens (including phenoxy) is 1. The third-order valence-corrected chi connectivity index (χ3v) is 7.79. The van der Waals surface area contributed by atoms with Crippen LogP contribution in [0, 0.1) is 11.8 Å². The molecule has 2 fully saturated rings. The molecule has 2 aliphatic carbocycles. The second kappa shape index (κ2) is 9.65. The summed E-state index contributed by atoms with van der Waals surface area (Å²) in [7, 11) is 0. The Labute approximate surface area is 200 Å². The zero-order chi connectivity index (χ0) is 22.7. The number of hydrogen-bond acceptors (Lipinski definition) is 6. The van der Waals surface area contributed by atoms with Crippen LogP contribution in [0.5, 0.6) is 5.75 Å². The van der Waals surface area contributed by atoms with Crippen LogP contribution in [0.15, 0.2) is 45.5 Å². The Morgan fingerprint density at radius 1 is 0.882 bits per heavy atom. The van der Waals surface area contributed by atoms with Crippen LogP contribution < -0.4 is 4.74 Å². The summed E-state index contributed by atoms with van der Waals surface area (Å²) in [4.78, 5) is 9.73. The van der Waals surface area contributed by atoms with Gasteiger partial charge in [-0.15, -0.1) is 10.2 Å². The van der Waals surface area contributed by atoms with Gasteiger partial charge in [0.15, 0.2) is 0 Å². The summed E-state index contributed by atoms with van der Waals surface area (Å²) in [6.45, 7) is 0.752. The van der Waals surface area contributed by atoms with Crippen molar-refractivity contribution in [3.63, 3.8) is 0 Å². The minimum absolute atomic E-state index is 0.238. The monoisotopic (exact) mass is 456 g/mol. The molecule has 0 bridgehead atoms. The fourth-order valence-corrected chi connectivity index (χ4v) is 6.05. The molecule has 2 aromatic rings. The van der Waals surface area contributed by atoms with E-state index in [-0.39, 0.29) is 5.92 Å². The number of dihydropyridines is 1. The summed E-state index contributed by atoms with van der Waals surface area (Å²) in [6.07, 6.45) is 16.6. The number of aliphatic imine (C=N–C) groups is 2. The standard InChI is InChI=1S/C27H32N6O/c1-2-7-18(8-3-1)23-14-20-15-28-16-25(27-30-32-33-31-27)26(20)29-17-24(23)19-9-6-12-22(13-19)34-21-10-4-5-11-21/h6,9,12-13,16-18,20-21H,1-5,7-8,10-11,14-15H2,(H,30,31,32,33). The van der Waals surface area contributed by atoms with Gasteiger partial charge in [-0.05, 0) is 79.3 Å². The molecule has 176 valence electrons. The first-order valence-electron chi connectivity index (χ1n) is 12.9. The first-order chi connectivity index (χ1) is 16.8. The zero-order valence-corrected chi connectivity index (χ0v) is 19.6. The van der Waals surface area contributed by atoms with Gasteiger partial charge in [0.1, 0.15) is 5.75 Å². The number of nitrogens with one attached hydrogen (secondary N) is 1. The predicted molar refractivity (Wildman–Crippen MR) is 134 cm³/mol. The van der Waals surface area contributed by atoms with E-state index >= 15 is 0 Å². The quantitative estimate of drug-likeness (QED) is 0.649. The van der Waals surface area contributed by atoms with E-state index in [4.69, 9.17) is 9.73 Å². The predicted octanol–water partition coefficient (Wildman–Crippen LogP) is 5.44. The van der Waals surface area contributed by atoms with Gasteiger partial charge < -0.3 is 4.74 Å². The molecule has 7 nitrogen and oxygen atoms in total. The van der Waals surface area contributed by atoms with Gasteiger partial charge in [-0.1, -0.05) is 37.0 Å². The van der Waals surface area contributed by atoms with Gasteiger partial charge in [-0.25, -0.2) is 0 Å². The normalized spacial score (nSPS) is 23.9. The molecule has 0 radical (unpaired) electrons. The van der Waals surface area contributed by atoms with Crippen LogP contribution in [0.4, 0.5) is 0 Å². The molecule has 1 aromatic heterocycles. The van der Waals surface area contributed by atoms with E-state index in [0.29, 0.717) is 17.8 Å². The summed E-state index contributed by atoms with van der Waals surface area (Å²) < 4.78 is 6.36. The van der Waals surface area contributed by atoms with Crippen molar-refractivity contribution in [1.29, 1.82) is 0 Å². The Morgan fingerprint density at radius 3 is 2.56 bits per heavy atom. The van der Waals surface area contributed by atoms with Gasteiger partial charge in [-0.2, -0.15) is 5.21 Å². The SMILES string of the molecule is C1=NCC2CC(C3CCCCC3)=C(c3cccc(OC4CCCC4)c3)C=NC2=C1c1nn[nH]n1. The molecular weight excluding hydrogens is 424 g/mol. The van der Waals surface area contributed by atoms with Gasteiger partial charge in [0.25, 0.3) is 0 Å². The van der Waals surface area contributed by atoms with E-state index in [1.54, 1.807) is 0 Å². The average Bonchev–Trinajstić information content (AvgIpc) is 3.56. The maximum atomic E-state index is 6.36. The van der Waals surface area contributed by atoms with E-state index in [1.807, 2.05) is 6.21 Å². The average molecular weight is 457 g/mol. The number of aromatic nitrogens is 4. The highest BCUT2D eigenvalue weighted by molar-refractivity contribution is 6.14. The fourth-order valence-electron chi connectivity index (χ4n) is 6.05. The van der Waals surface area contributed by atoms with Crippen molar-refractivity contribution in [2.45, 2.75) is 70.3 Å². The maximum Gasteiger partial charge on any atom is 0.208 e. The molecule has 1 unspecified atom stereocenters. The number of fused-ring (bicyclic) bond motifs is 1. The summed E-state index contributed by atoms with van der Waals surface area (Å²) in [6, 6.07) is 8.67. The van der Waals surface area contributed by atoms with Crippen LogP contribution in [0.2, 0.25) is 0 Å². The van der Waals surface area contributed by atoms with Crippen molar-refractivity contribution in [1.82, 2.24) is 20.6 Å². The molecule has 0 saturated heterocycles. The number of nitrogens with zero attached hydrogens (tertiary/aromatic N) is 5. The number of allylic oxidation sites excluding steroid dienone is 3. The van der Waals surface area contributed by atoms with E-state index in [2.05, 4.69) is 56.1 Å². The summed E-state index contributed by atoms with van der Waals surface area (Å²) in [5.41, 5.74) is 5.91. The smallest absolute Gasteiger partial charge is 0.208 e. The van der Waals surface area contributed by atoms with Crippen LogP contribution in [-0.2, 0) is 0 Å².